The first-order valence-electron chi connectivity index (χ1n) is 5.48. The van der Waals surface area contributed by atoms with E-state index in [1.807, 2.05) is 0 Å². The summed E-state index contributed by atoms with van der Waals surface area (Å²) < 4.78 is 26.3. The standard InChI is InChI=1S/C11H17F2NO3/c1-10(2,3)9(16)17-14-7-11(12,13)5-4-8(14)6-15/h6,8H,4-5,7H2,1-3H3/t8-/m0/s1. The van der Waals surface area contributed by atoms with Crippen LogP contribution in [-0.2, 0) is 14.4 Å². The first kappa shape index (κ1) is 14.0. The summed E-state index contributed by atoms with van der Waals surface area (Å²) in [4.78, 5) is 27.2. The molecule has 6 heteroatoms. The molecular formula is C11H17F2NO3. The Labute approximate surface area is 98.9 Å². The van der Waals surface area contributed by atoms with Gasteiger partial charge in [0.1, 0.15) is 12.3 Å². The molecule has 1 atom stereocenters. The van der Waals surface area contributed by atoms with Crippen molar-refractivity contribution in [2.75, 3.05) is 6.54 Å². The SMILES string of the molecule is CC(C)(C)C(=O)ON1CC(F)(F)CC[C@H]1C=O. The molecule has 1 rings (SSSR count). The summed E-state index contributed by atoms with van der Waals surface area (Å²) in [5.74, 6) is -3.54. The summed E-state index contributed by atoms with van der Waals surface area (Å²) in [5, 5.41) is 0.796. The van der Waals surface area contributed by atoms with Crippen molar-refractivity contribution >= 4 is 12.3 Å². The first-order chi connectivity index (χ1) is 7.65. The molecule has 0 aliphatic carbocycles. The number of aldehydes is 1. The first-order valence-corrected chi connectivity index (χ1v) is 5.48. The zero-order chi connectivity index (χ0) is 13.3. The van der Waals surface area contributed by atoms with Crippen LogP contribution in [0.1, 0.15) is 33.6 Å². The van der Waals surface area contributed by atoms with E-state index in [4.69, 9.17) is 4.84 Å². The van der Waals surface area contributed by atoms with Crippen LogP contribution >= 0.6 is 0 Å². The summed E-state index contributed by atoms with van der Waals surface area (Å²) in [7, 11) is 0. The average molecular weight is 249 g/mol. The van der Waals surface area contributed by atoms with Gasteiger partial charge in [-0.15, -0.1) is 5.06 Å². The molecule has 0 aromatic carbocycles. The van der Waals surface area contributed by atoms with Crippen LogP contribution < -0.4 is 0 Å². The summed E-state index contributed by atoms with van der Waals surface area (Å²) >= 11 is 0. The van der Waals surface area contributed by atoms with E-state index in [2.05, 4.69) is 0 Å². The van der Waals surface area contributed by atoms with Gasteiger partial charge in [-0.25, -0.2) is 13.6 Å². The number of halogens is 2. The van der Waals surface area contributed by atoms with E-state index in [0.29, 0.717) is 6.29 Å². The van der Waals surface area contributed by atoms with Crippen molar-refractivity contribution in [1.82, 2.24) is 5.06 Å². The molecule has 1 fully saturated rings. The minimum absolute atomic E-state index is 0.00603. The summed E-state index contributed by atoms with van der Waals surface area (Å²) in [6.45, 7) is 4.13. The Kier molecular flexibility index (Phi) is 3.86. The summed E-state index contributed by atoms with van der Waals surface area (Å²) in [5.41, 5.74) is -0.792. The van der Waals surface area contributed by atoms with Crippen molar-refractivity contribution in [3.8, 4) is 0 Å². The smallest absolute Gasteiger partial charge is 0.330 e. The molecular weight excluding hydrogens is 232 g/mol. The number of rotatable bonds is 2. The van der Waals surface area contributed by atoms with E-state index in [-0.39, 0.29) is 12.8 Å². The third kappa shape index (κ3) is 3.73. The number of hydrogen-bond donors (Lipinski definition) is 0. The Morgan fingerprint density at radius 2 is 2.06 bits per heavy atom. The number of hydrogen-bond acceptors (Lipinski definition) is 4. The molecule has 0 amide bonds. The van der Waals surface area contributed by atoms with Crippen molar-refractivity contribution in [1.29, 1.82) is 0 Å². The predicted molar refractivity (Wildman–Crippen MR) is 56.3 cm³/mol. The molecule has 98 valence electrons. The number of carbonyl (C=O) groups is 2. The average Bonchev–Trinajstić information content (AvgIpc) is 2.15. The van der Waals surface area contributed by atoms with Gasteiger partial charge in [0.05, 0.1) is 12.0 Å². The molecule has 17 heavy (non-hydrogen) atoms. The Bertz CT molecular complexity index is 312. The van der Waals surface area contributed by atoms with E-state index in [1.165, 1.54) is 0 Å². The number of nitrogens with zero attached hydrogens (tertiary/aromatic N) is 1. The molecule has 1 saturated heterocycles. The van der Waals surface area contributed by atoms with E-state index < -0.39 is 29.9 Å². The molecule has 0 aromatic heterocycles. The highest BCUT2D eigenvalue weighted by molar-refractivity contribution is 5.75. The Balaban J connectivity index is 2.72. The molecule has 0 N–H and O–H groups in total. The minimum Gasteiger partial charge on any atom is -0.366 e. The van der Waals surface area contributed by atoms with Crippen molar-refractivity contribution in [2.45, 2.75) is 45.6 Å². The Morgan fingerprint density at radius 3 is 2.53 bits per heavy atom. The van der Waals surface area contributed by atoms with Gasteiger partial charge < -0.3 is 9.63 Å². The van der Waals surface area contributed by atoms with Gasteiger partial charge in [-0.1, -0.05) is 0 Å². The lowest BCUT2D eigenvalue weighted by atomic mass is 9.97. The van der Waals surface area contributed by atoms with Crippen molar-refractivity contribution in [2.24, 2.45) is 5.41 Å². The predicted octanol–water partition coefficient (Wildman–Crippen LogP) is 1.79. The highest BCUT2D eigenvalue weighted by Gasteiger charge is 2.43. The van der Waals surface area contributed by atoms with Gasteiger partial charge in [-0.05, 0) is 27.2 Å². The van der Waals surface area contributed by atoms with Gasteiger partial charge in [0.25, 0.3) is 5.92 Å². The van der Waals surface area contributed by atoms with Gasteiger partial charge >= 0.3 is 5.97 Å². The molecule has 1 aliphatic heterocycles. The summed E-state index contributed by atoms with van der Waals surface area (Å²) in [6.07, 6.45) is 0.166. The third-order valence-corrected chi connectivity index (χ3v) is 2.53. The molecule has 0 saturated carbocycles. The zero-order valence-corrected chi connectivity index (χ0v) is 10.2. The van der Waals surface area contributed by atoms with Crippen LogP contribution in [0.3, 0.4) is 0 Å². The van der Waals surface area contributed by atoms with Crippen molar-refractivity contribution < 1.29 is 23.2 Å². The van der Waals surface area contributed by atoms with E-state index in [0.717, 1.165) is 5.06 Å². The zero-order valence-electron chi connectivity index (χ0n) is 10.2. The lowest BCUT2D eigenvalue weighted by Gasteiger charge is -2.36. The quantitative estimate of drug-likeness (QED) is 0.700. The molecule has 0 unspecified atom stereocenters. The van der Waals surface area contributed by atoms with Gasteiger partial charge in [0.15, 0.2) is 0 Å². The summed E-state index contributed by atoms with van der Waals surface area (Å²) in [6, 6.07) is -0.777. The van der Waals surface area contributed by atoms with Gasteiger partial charge in [-0.3, -0.25) is 0 Å². The van der Waals surface area contributed by atoms with E-state index >= 15 is 0 Å². The third-order valence-electron chi connectivity index (χ3n) is 2.53. The lowest BCUT2D eigenvalue weighted by molar-refractivity contribution is -0.239. The van der Waals surface area contributed by atoms with Crippen LogP contribution in [0.5, 0.6) is 0 Å². The maximum absolute atomic E-state index is 13.2. The van der Waals surface area contributed by atoms with E-state index in [9.17, 15) is 18.4 Å². The highest BCUT2D eigenvalue weighted by atomic mass is 19.3. The number of hydroxylamine groups is 2. The monoisotopic (exact) mass is 249 g/mol. The van der Waals surface area contributed by atoms with Crippen LogP contribution in [-0.4, -0.2) is 35.8 Å². The Morgan fingerprint density at radius 1 is 1.47 bits per heavy atom. The van der Waals surface area contributed by atoms with E-state index in [1.54, 1.807) is 20.8 Å². The minimum atomic E-state index is -2.92. The number of piperidine rings is 1. The normalized spacial score (nSPS) is 25.4. The fourth-order valence-corrected chi connectivity index (χ4v) is 1.41. The molecule has 1 aliphatic rings. The lowest BCUT2D eigenvalue weighted by Crippen LogP contribution is -2.51. The van der Waals surface area contributed by atoms with Crippen LogP contribution in [0, 0.1) is 5.41 Å². The van der Waals surface area contributed by atoms with Crippen molar-refractivity contribution in [3.05, 3.63) is 0 Å². The number of carbonyl (C=O) groups excluding carboxylic acids is 2. The fourth-order valence-electron chi connectivity index (χ4n) is 1.41. The molecule has 0 bridgehead atoms. The van der Waals surface area contributed by atoms with Crippen LogP contribution in [0.25, 0.3) is 0 Å². The highest BCUT2D eigenvalue weighted by Crippen LogP contribution is 2.30. The van der Waals surface area contributed by atoms with Crippen LogP contribution in [0.4, 0.5) is 8.78 Å². The Hall–Kier alpha value is -1.04. The van der Waals surface area contributed by atoms with Gasteiger partial charge in [0, 0.05) is 6.42 Å². The maximum Gasteiger partial charge on any atom is 0.330 e. The molecule has 4 nitrogen and oxygen atoms in total. The second-order valence-electron chi connectivity index (χ2n) is 5.30. The van der Waals surface area contributed by atoms with Crippen molar-refractivity contribution in [3.63, 3.8) is 0 Å². The second kappa shape index (κ2) is 4.68. The molecule has 0 radical (unpaired) electrons. The van der Waals surface area contributed by atoms with Crippen LogP contribution in [0.15, 0.2) is 0 Å². The molecule has 1 heterocycles. The van der Waals surface area contributed by atoms with Gasteiger partial charge in [0.2, 0.25) is 0 Å². The van der Waals surface area contributed by atoms with Crippen LogP contribution in [0.2, 0.25) is 0 Å². The largest absolute Gasteiger partial charge is 0.366 e. The van der Waals surface area contributed by atoms with Gasteiger partial charge in [-0.2, -0.15) is 0 Å². The fraction of sp³-hybridized carbons (Fsp3) is 0.818. The second-order valence-corrected chi connectivity index (χ2v) is 5.30. The molecule has 0 spiro atoms. The number of alkyl halides is 2. The topological polar surface area (TPSA) is 46.6 Å². The molecule has 0 aromatic rings. The maximum atomic E-state index is 13.2.